The Morgan fingerprint density at radius 1 is 1.24 bits per heavy atom. The van der Waals surface area contributed by atoms with Gasteiger partial charge >= 0.3 is 5.97 Å². The van der Waals surface area contributed by atoms with Crippen molar-refractivity contribution in [2.75, 3.05) is 11.9 Å². The van der Waals surface area contributed by atoms with Gasteiger partial charge in [0.1, 0.15) is 17.3 Å². The lowest BCUT2D eigenvalue weighted by Crippen LogP contribution is -2.20. The average molecular weight is 312 g/mol. The number of halogens is 3. The topological polar surface area (TPSA) is 40.5 Å². The van der Waals surface area contributed by atoms with Gasteiger partial charge in [-0.25, -0.2) is 13.6 Å². The van der Waals surface area contributed by atoms with Gasteiger partial charge in [0.05, 0.1) is 5.56 Å². The van der Waals surface area contributed by atoms with Crippen LogP contribution in [0.2, 0.25) is 5.02 Å². The smallest absolute Gasteiger partial charge is 0.335 e. The Morgan fingerprint density at radius 2 is 1.81 bits per heavy atom. The average Bonchev–Trinajstić information content (AvgIpc) is 2.40. The van der Waals surface area contributed by atoms with Crippen LogP contribution in [0.1, 0.15) is 15.9 Å². The molecule has 21 heavy (non-hydrogen) atoms. The zero-order chi connectivity index (χ0) is 15.6. The summed E-state index contributed by atoms with van der Waals surface area (Å²) in [5.74, 6) is -3.24. The summed E-state index contributed by atoms with van der Waals surface area (Å²) in [5, 5.41) is 9.26. The largest absolute Gasteiger partial charge is 0.478 e. The zero-order valence-corrected chi connectivity index (χ0v) is 11.9. The van der Waals surface area contributed by atoms with Crippen LogP contribution in [0.15, 0.2) is 36.4 Å². The molecule has 2 aromatic rings. The molecule has 2 aromatic carbocycles. The lowest BCUT2D eigenvalue weighted by Gasteiger charge is -2.21. The Labute approximate surface area is 125 Å². The number of aromatic carboxylic acids is 1. The summed E-state index contributed by atoms with van der Waals surface area (Å²) in [6.07, 6.45) is 0. The van der Waals surface area contributed by atoms with Gasteiger partial charge in [0.25, 0.3) is 0 Å². The first-order chi connectivity index (χ1) is 9.90. The number of hydrogen-bond donors (Lipinski definition) is 1. The van der Waals surface area contributed by atoms with Gasteiger partial charge in [-0.3, -0.25) is 0 Å². The number of hydrogen-bond acceptors (Lipinski definition) is 2. The van der Waals surface area contributed by atoms with Crippen LogP contribution in [-0.2, 0) is 6.54 Å². The third-order valence-electron chi connectivity index (χ3n) is 3.01. The molecule has 1 N–H and O–H groups in total. The molecule has 0 amide bonds. The van der Waals surface area contributed by atoms with E-state index in [4.69, 9.17) is 16.7 Å². The van der Waals surface area contributed by atoms with Gasteiger partial charge in [-0.05, 0) is 23.8 Å². The van der Waals surface area contributed by atoms with Crippen molar-refractivity contribution in [3.05, 3.63) is 64.2 Å². The molecule has 0 unspecified atom stereocenters. The minimum atomic E-state index is -1.38. The van der Waals surface area contributed by atoms with E-state index in [0.717, 1.165) is 12.1 Å². The maximum absolute atomic E-state index is 13.9. The molecule has 6 heteroatoms. The van der Waals surface area contributed by atoms with Crippen LogP contribution in [0.25, 0.3) is 0 Å². The molecule has 0 aromatic heterocycles. The second kappa shape index (κ2) is 6.10. The molecule has 2 rings (SSSR count). The van der Waals surface area contributed by atoms with Crippen molar-refractivity contribution < 1.29 is 18.7 Å². The Hall–Kier alpha value is -2.14. The number of carbonyl (C=O) groups is 1. The van der Waals surface area contributed by atoms with Crippen molar-refractivity contribution in [2.45, 2.75) is 6.54 Å². The SMILES string of the molecule is CN(Cc1ccccc1Cl)c1c(F)cc(C(=O)O)cc1F. The molecule has 0 saturated heterocycles. The number of carboxylic acid groups (broad SMARTS) is 1. The summed E-state index contributed by atoms with van der Waals surface area (Å²) >= 11 is 6.01. The summed E-state index contributed by atoms with van der Waals surface area (Å²) in [5.41, 5.74) is -0.0115. The first-order valence-corrected chi connectivity index (χ1v) is 6.45. The van der Waals surface area contributed by atoms with Crippen molar-refractivity contribution in [1.29, 1.82) is 0 Å². The number of nitrogens with zero attached hydrogens (tertiary/aromatic N) is 1. The fraction of sp³-hybridized carbons (Fsp3) is 0.133. The molecule has 0 aliphatic rings. The second-order valence-corrected chi connectivity index (χ2v) is 4.95. The van der Waals surface area contributed by atoms with Crippen LogP contribution >= 0.6 is 11.6 Å². The van der Waals surface area contributed by atoms with Gasteiger partial charge in [0, 0.05) is 18.6 Å². The molecular weight excluding hydrogens is 300 g/mol. The number of anilines is 1. The first-order valence-electron chi connectivity index (χ1n) is 6.07. The monoisotopic (exact) mass is 311 g/mol. The molecule has 0 spiro atoms. The highest BCUT2D eigenvalue weighted by Gasteiger charge is 2.18. The van der Waals surface area contributed by atoms with Gasteiger partial charge in [0.2, 0.25) is 0 Å². The quantitative estimate of drug-likeness (QED) is 0.929. The molecular formula is C15H12ClF2NO2. The summed E-state index contributed by atoms with van der Waals surface area (Å²) in [6.45, 7) is 0.194. The van der Waals surface area contributed by atoms with Crippen molar-refractivity contribution in [3.63, 3.8) is 0 Å². The van der Waals surface area contributed by atoms with E-state index >= 15 is 0 Å². The highest BCUT2D eigenvalue weighted by atomic mass is 35.5. The molecule has 0 aliphatic carbocycles. The van der Waals surface area contributed by atoms with Crippen molar-refractivity contribution in [3.8, 4) is 0 Å². The van der Waals surface area contributed by atoms with E-state index in [-0.39, 0.29) is 12.2 Å². The van der Waals surface area contributed by atoms with E-state index in [9.17, 15) is 13.6 Å². The van der Waals surface area contributed by atoms with Gasteiger partial charge in [-0.1, -0.05) is 29.8 Å². The fourth-order valence-electron chi connectivity index (χ4n) is 2.01. The van der Waals surface area contributed by atoms with E-state index in [0.29, 0.717) is 10.6 Å². The van der Waals surface area contributed by atoms with Gasteiger partial charge in [0.15, 0.2) is 0 Å². The maximum atomic E-state index is 13.9. The molecule has 3 nitrogen and oxygen atoms in total. The van der Waals surface area contributed by atoms with E-state index in [1.165, 1.54) is 11.9 Å². The molecule has 0 bridgehead atoms. The maximum Gasteiger partial charge on any atom is 0.335 e. The molecule has 0 atom stereocenters. The highest BCUT2D eigenvalue weighted by Crippen LogP contribution is 2.27. The Balaban J connectivity index is 2.34. The van der Waals surface area contributed by atoms with Crippen LogP contribution < -0.4 is 4.90 Å². The fourth-order valence-corrected chi connectivity index (χ4v) is 2.21. The molecule has 0 saturated carbocycles. The van der Waals surface area contributed by atoms with E-state index in [1.54, 1.807) is 24.3 Å². The van der Waals surface area contributed by atoms with Crippen LogP contribution in [0.3, 0.4) is 0 Å². The van der Waals surface area contributed by atoms with Crippen molar-refractivity contribution in [1.82, 2.24) is 0 Å². The lowest BCUT2D eigenvalue weighted by atomic mass is 10.1. The minimum Gasteiger partial charge on any atom is -0.478 e. The van der Waals surface area contributed by atoms with Gasteiger partial charge in [-0.15, -0.1) is 0 Å². The Morgan fingerprint density at radius 3 is 2.33 bits per heavy atom. The standard InChI is InChI=1S/C15H12ClF2NO2/c1-19(8-9-4-2-3-5-11(9)16)14-12(17)6-10(15(20)21)7-13(14)18/h2-7H,8H2,1H3,(H,20,21). The summed E-state index contributed by atoms with van der Waals surface area (Å²) in [6, 6.07) is 8.56. The summed E-state index contributed by atoms with van der Waals surface area (Å²) < 4.78 is 27.9. The minimum absolute atomic E-state index is 0.194. The van der Waals surface area contributed by atoms with Gasteiger partial charge < -0.3 is 10.0 Å². The molecule has 0 fully saturated rings. The van der Waals surface area contributed by atoms with Crippen molar-refractivity contribution in [2.24, 2.45) is 0 Å². The predicted molar refractivity (Wildman–Crippen MR) is 76.9 cm³/mol. The van der Waals surface area contributed by atoms with E-state index in [1.807, 2.05) is 0 Å². The Bertz CT molecular complexity index is 668. The van der Waals surface area contributed by atoms with Crippen LogP contribution in [0.5, 0.6) is 0 Å². The highest BCUT2D eigenvalue weighted by molar-refractivity contribution is 6.31. The normalized spacial score (nSPS) is 10.5. The molecule has 0 heterocycles. The molecule has 0 aliphatic heterocycles. The number of rotatable bonds is 4. The summed E-state index contributed by atoms with van der Waals surface area (Å²) in [7, 11) is 1.51. The van der Waals surface area contributed by atoms with Crippen LogP contribution in [-0.4, -0.2) is 18.1 Å². The zero-order valence-electron chi connectivity index (χ0n) is 11.1. The van der Waals surface area contributed by atoms with Gasteiger partial charge in [-0.2, -0.15) is 0 Å². The lowest BCUT2D eigenvalue weighted by molar-refractivity contribution is 0.0695. The third kappa shape index (κ3) is 3.31. The first kappa shape index (κ1) is 15.3. The molecule has 110 valence electrons. The van der Waals surface area contributed by atoms with Crippen LogP contribution in [0.4, 0.5) is 14.5 Å². The number of carboxylic acids is 1. The van der Waals surface area contributed by atoms with E-state index < -0.39 is 23.2 Å². The predicted octanol–water partition coefficient (Wildman–Crippen LogP) is 3.95. The van der Waals surface area contributed by atoms with Crippen molar-refractivity contribution >= 4 is 23.3 Å². The van der Waals surface area contributed by atoms with Crippen LogP contribution in [0, 0.1) is 11.6 Å². The number of benzene rings is 2. The second-order valence-electron chi connectivity index (χ2n) is 4.54. The van der Waals surface area contributed by atoms with E-state index in [2.05, 4.69) is 0 Å². The molecule has 0 radical (unpaired) electrons. The Kier molecular flexibility index (Phi) is 4.43. The third-order valence-corrected chi connectivity index (χ3v) is 3.38. The summed E-state index contributed by atoms with van der Waals surface area (Å²) in [4.78, 5) is 12.1.